The molecule has 0 aromatic heterocycles. The van der Waals surface area contributed by atoms with Gasteiger partial charge in [-0.05, 0) is 24.1 Å². The first-order valence-electron chi connectivity index (χ1n) is 8.24. The highest BCUT2D eigenvalue weighted by atomic mass is 19.4. The number of anilines is 1. The molecule has 0 saturated heterocycles. The smallest absolute Gasteiger partial charge is 0.294 e. The van der Waals surface area contributed by atoms with Gasteiger partial charge in [0.25, 0.3) is 0 Å². The van der Waals surface area contributed by atoms with E-state index in [0.717, 1.165) is 0 Å². The van der Waals surface area contributed by atoms with Crippen molar-refractivity contribution in [3.05, 3.63) is 78.9 Å². The van der Waals surface area contributed by atoms with Gasteiger partial charge in [0.1, 0.15) is 0 Å². The van der Waals surface area contributed by atoms with E-state index < -0.39 is 23.5 Å². The Morgan fingerprint density at radius 3 is 1.96 bits per heavy atom. The van der Waals surface area contributed by atoms with Crippen LogP contribution in [0.15, 0.2) is 73.3 Å². The Balaban J connectivity index is 2.84. The minimum atomic E-state index is -5.20. The maximum absolute atomic E-state index is 13.5. The average Bonchev–Trinajstić information content (AvgIpc) is 2.71. The summed E-state index contributed by atoms with van der Waals surface area (Å²) in [5.41, 5.74) is -1.81. The van der Waals surface area contributed by atoms with Gasteiger partial charge in [0.05, 0.1) is 18.2 Å². The molecule has 0 aliphatic heterocycles. The summed E-state index contributed by atoms with van der Waals surface area (Å²) in [5.74, 6) is -2.16. The van der Waals surface area contributed by atoms with Gasteiger partial charge in [0.2, 0.25) is 0 Å². The lowest BCUT2D eigenvalue weighted by molar-refractivity contribution is -0.171. The van der Waals surface area contributed by atoms with Gasteiger partial charge in [0, 0.05) is 5.69 Å². The highest BCUT2D eigenvalue weighted by Crippen LogP contribution is 2.44. The number of amides is 1. The van der Waals surface area contributed by atoms with Crippen LogP contribution in [0.5, 0.6) is 0 Å². The van der Waals surface area contributed by atoms with E-state index in [1.165, 1.54) is 42.5 Å². The van der Waals surface area contributed by atoms with Crippen LogP contribution in [0.4, 0.5) is 18.9 Å². The van der Waals surface area contributed by atoms with E-state index in [9.17, 15) is 28.5 Å². The zero-order valence-corrected chi connectivity index (χ0v) is 14.7. The van der Waals surface area contributed by atoms with Gasteiger partial charge in [-0.25, -0.2) is 0 Å². The number of benzene rings is 2. The van der Waals surface area contributed by atoms with Gasteiger partial charge in [-0.3, -0.25) is 9.69 Å². The number of nitriles is 2. The van der Waals surface area contributed by atoms with Crippen LogP contribution in [-0.2, 0) is 4.79 Å². The molecule has 1 unspecified atom stereocenters. The summed E-state index contributed by atoms with van der Waals surface area (Å²) in [6.07, 6.45) is -4.15. The molecule has 0 aliphatic rings. The molecule has 7 heteroatoms. The summed E-state index contributed by atoms with van der Waals surface area (Å²) in [6, 6.07) is 17.1. The summed E-state index contributed by atoms with van der Waals surface area (Å²) in [4.78, 5) is 12.9. The quantitative estimate of drug-likeness (QED) is 0.664. The van der Waals surface area contributed by atoms with Crippen LogP contribution < -0.4 is 4.90 Å². The molecule has 0 heterocycles. The molecule has 0 fully saturated rings. The van der Waals surface area contributed by atoms with Crippen molar-refractivity contribution in [2.45, 2.75) is 18.6 Å². The standard InChI is InChI=1S/C21H16F3N3O/c1-2-13-20(14-25,15-26)18(16-9-5-3-6-10-16)27(19(28)21(22,23)24)17-11-7-4-8-12-17/h2-12,18H,1,13H2. The largest absolute Gasteiger partial charge is 0.471 e. The lowest BCUT2D eigenvalue weighted by Gasteiger charge is -2.38. The monoisotopic (exact) mass is 383 g/mol. The van der Waals surface area contributed by atoms with E-state index in [2.05, 4.69) is 6.58 Å². The lowest BCUT2D eigenvalue weighted by atomic mass is 9.75. The molecule has 0 saturated carbocycles. The Labute approximate surface area is 160 Å². The van der Waals surface area contributed by atoms with Gasteiger partial charge in [-0.1, -0.05) is 54.6 Å². The molecule has 2 aromatic carbocycles. The molecule has 0 radical (unpaired) electrons. The minimum absolute atomic E-state index is 0.0717. The number of alkyl halides is 3. The Morgan fingerprint density at radius 1 is 1.04 bits per heavy atom. The number of hydrogen-bond acceptors (Lipinski definition) is 3. The zero-order valence-electron chi connectivity index (χ0n) is 14.7. The van der Waals surface area contributed by atoms with Crippen LogP contribution in [-0.4, -0.2) is 12.1 Å². The van der Waals surface area contributed by atoms with Crippen molar-refractivity contribution in [3.8, 4) is 12.1 Å². The van der Waals surface area contributed by atoms with Crippen LogP contribution in [0.25, 0.3) is 0 Å². The molecular weight excluding hydrogens is 367 g/mol. The second kappa shape index (κ2) is 8.41. The van der Waals surface area contributed by atoms with Crippen molar-refractivity contribution < 1.29 is 18.0 Å². The van der Waals surface area contributed by atoms with Crippen molar-refractivity contribution in [2.24, 2.45) is 5.41 Å². The Kier molecular flexibility index (Phi) is 6.22. The van der Waals surface area contributed by atoms with Gasteiger partial charge < -0.3 is 0 Å². The van der Waals surface area contributed by atoms with Crippen molar-refractivity contribution in [1.82, 2.24) is 0 Å². The molecule has 2 aromatic rings. The summed E-state index contributed by atoms with van der Waals surface area (Å²) >= 11 is 0. The summed E-state index contributed by atoms with van der Waals surface area (Å²) < 4.78 is 40.4. The number of hydrogen-bond donors (Lipinski definition) is 0. The fourth-order valence-corrected chi connectivity index (χ4v) is 2.98. The molecule has 1 atom stereocenters. The van der Waals surface area contributed by atoms with Crippen LogP contribution >= 0.6 is 0 Å². The number of carbonyl (C=O) groups excluding carboxylic acids is 1. The fourth-order valence-electron chi connectivity index (χ4n) is 2.98. The Morgan fingerprint density at radius 2 is 1.54 bits per heavy atom. The molecule has 0 N–H and O–H groups in total. The number of nitrogens with zero attached hydrogens (tertiary/aromatic N) is 3. The maximum Gasteiger partial charge on any atom is 0.471 e. The third-order valence-electron chi connectivity index (χ3n) is 4.20. The summed E-state index contributed by atoms with van der Waals surface area (Å²) in [6.45, 7) is 3.52. The van der Waals surface area contributed by atoms with Crippen molar-refractivity contribution in [2.75, 3.05) is 4.90 Å². The predicted octanol–water partition coefficient (Wildman–Crippen LogP) is 4.93. The average molecular weight is 383 g/mol. The van der Waals surface area contributed by atoms with E-state index >= 15 is 0 Å². The predicted molar refractivity (Wildman–Crippen MR) is 97.6 cm³/mol. The molecule has 4 nitrogen and oxygen atoms in total. The minimum Gasteiger partial charge on any atom is -0.294 e. The molecule has 1 amide bonds. The first-order valence-corrected chi connectivity index (χ1v) is 8.24. The fraction of sp³-hybridized carbons (Fsp3) is 0.190. The normalized spacial score (nSPS) is 12.3. The van der Waals surface area contributed by atoms with Crippen LogP contribution in [0, 0.1) is 28.1 Å². The van der Waals surface area contributed by atoms with E-state index in [-0.39, 0.29) is 17.7 Å². The van der Waals surface area contributed by atoms with Crippen molar-refractivity contribution >= 4 is 11.6 Å². The topological polar surface area (TPSA) is 67.9 Å². The van der Waals surface area contributed by atoms with Crippen LogP contribution in [0.1, 0.15) is 18.0 Å². The molecule has 28 heavy (non-hydrogen) atoms. The van der Waals surface area contributed by atoms with Crippen LogP contribution in [0.2, 0.25) is 0 Å². The molecule has 0 spiro atoms. The molecule has 2 rings (SSSR count). The zero-order chi connectivity index (χ0) is 20.8. The molecular formula is C21H16F3N3O. The van der Waals surface area contributed by atoms with Crippen LogP contribution in [0.3, 0.4) is 0 Å². The number of rotatable bonds is 6. The number of halogens is 3. The van der Waals surface area contributed by atoms with Gasteiger partial charge in [-0.15, -0.1) is 6.58 Å². The highest BCUT2D eigenvalue weighted by Gasteiger charge is 2.52. The van der Waals surface area contributed by atoms with E-state index in [0.29, 0.717) is 4.90 Å². The highest BCUT2D eigenvalue weighted by molar-refractivity contribution is 5.98. The third-order valence-corrected chi connectivity index (χ3v) is 4.20. The second-order valence-corrected chi connectivity index (χ2v) is 6.01. The van der Waals surface area contributed by atoms with E-state index in [4.69, 9.17) is 0 Å². The number of para-hydroxylation sites is 1. The van der Waals surface area contributed by atoms with Crippen molar-refractivity contribution in [1.29, 1.82) is 10.5 Å². The van der Waals surface area contributed by atoms with E-state index in [1.54, 1.807) is 24.3 Å². The summed E-state index contributed by atoms with van der Waals surface area (Å²) in [5, 5.41) is 19.6. The van der Waals surface area contributed by atoms with Gasteiger partial charge in [0.15, 0.2) is 5.41 Å². The van der Waals surface area contributed by atoms with Crippen molar-refractivity contribution in [3.63, 3.8) is 0 Å². The Bertz CT molecular complexity index is 898. The third kappa shape index (κ3) is 4.05. The Hall–Kier alpha value is -3.58. The SMILES string of the molecule is C=CCC(C#N)(C#N)C(c1ccccc1)N(C(=O)C(F)(F)F)c1ccccc1. The first kappa shape index (κ1) is 20.7. The molecule has 0 aliphatic carbocycles. The van der Waals surface area contributed by atoms with Gasteiger partial charge >= 0.3 is 12.1 Å². The maximum atomic E-state index is 13.5. The lowest BCUT2D eigenvalue weighted by Crippen LogP contribution is -2.49. The molecule has 0 bridgehead atoms. The number of carbonyl (C=O) groups is 1. The van der Waals surface area contributed by atoms with Gasteiger partial charge in [-0.2, -0.15) is 23.7 Å². The van der Waals surface area contributed by atoms with E-state index in [1.807, 2.05) is 12.1 Å². The number of allylic oxidation sites excluding steroid dienone is 1. The second-order valence-electron chi connectivity index (χ2n) is 6.01. The first-order chi connectivity index (χ1) is 13.3. The summed E-state index contributed by atoms with van der Waals surface area (Å²) in [7, 11) is 0. The molecule has 142 valence electrons.